The van der Waals surface area contributed by atoms with E-state index in [2.05, 4.69) is 0 Å². The molecule has 0 spiro atoms. The minimum atomic E-state index is 0.0847. The number of nitrogens with zero attached hydrogens (tertiary/aromatic N) is 1. The molecular formula is C27H25NO4. The van der Waals surface area contributed by atoms with Gasteiger partial charge in [0.2, 0.25) is 0 Å². The maximum absolute atomic E-state index is 10.3. The van der Waals surface area contributed by atoms with Crippen molar-refractivity contribution >= 4 is 17.1 Å². The molecule has 0 aromatic heterocycles. The average molecular weight is 428 g/mol. The number of aryl methyl sites for hydroxylation is 1. The summed E-state index contributed by atoms with van der Waals surface area (Å²) in [5.41, 5.74) is 4.81. The van der Waals surface area contributed by atoms with Crippen LogP contribution in [-0.4, -0.2) is 15.3 Å². The Hall–Kier alpha value is -4.12. The number of phenols is 3. The van der Waals surface area contributed by atoms with E-state index in [-0.39, 0.29) is 17.2 Å². The Kier molecular flexibility index (Phi) is 5.65. The van der Waals surface area contributed by atoms with Crippen LogP contribution in [0.2, 0.25) is 0 Å². The number of anilines is 3. The van der Waals surface area contributed by atoms with Gasteiger partial charge in [-0.2, -0.15) is 0 Å². The summed E-state index contributed by atoms with van der Waals surface area (Å²) in [5.74, 6) is 1.43. The van der Waals surface area contributed by atoms with Crippen molar-refractivity contribution in [2.45, 2.75) is 20.8 Å². The van der Waals surface area contributed by atoms with Crippen molar-refractivity contribution < 1.29 is 20.1 Å². The Labute approximate surface area is 187 Å². The Morgan fingerprint density at radius 1 is 0.625 bits per heavy atom. The van der Waals surface area contributed by atoms with E-state index in [4.69, 9.17) is 4.74 Å². The van der Waals surface area contributed by atoms with Gasteiger partial charge in [0.05, 0.1) is 11.4 Å². The van der Waals surface area contributed by atoms with E-state index in [9.17, 15) is 15.3 Å². The van der Waals surface area contributed by atoms with Crippen LogP contribution in [0, 0.1) is 20.8 Å². The molecule has 4 aromatic rings. The number of rotatable bonds is 5. The molecule has 0 bridgehead atoms. The number of benzene rings is 4. The van der Waals surface area contributed by atoms with Gasteiger partial charge in [0.15, 0.2) is 11.5 Å². The van der Waals surface area contributed by atoms with Gasteiger partial charge in [0.1, 0.15) is 17.2 Å². The Morgan fingerprint density at radius 3 is 1.72 bits per heavy atom. The summed E-state index contributed by atoms with van der Waals surface area (Å²) in [6.07, 6.45) is 0. The fraction of sp³-hybridized carbons (Fsp3) is 0.111. The first-order valence-corrected chi connectivity index (χ1v) is 10.3. The van der Waals surface area contributed by atoms with Crippen molar-refractivity contribution in [3.05, 3.63) is 95.6 Å². The maximum atomic E-state index is 10.3. The zero-order chi connectivity index (χ0) is 22.8. The molecule has 4 rings (SSSR count). The van der Waals surface area contributed by atoms with E-state index < -0.39 is 0 Å². The summed E-state index contributed by atoms with van der Waals surface area (Å²) in [5, 5.41) is 30.7. The predicted molar refractivity (Wildman–Crippen MR) is 127 cm³/mol. The molecule has 0 heterocycles. The fourth-order valence-corrected chi connectivity index (χ4v) is 3.62. The minimum Gasteiger partial charge on any atom is -0.508 e. The minimum absolute atomic E-state index is 0.0847. The molecule has 0 amide bonds. The molecule has 0 aliphatic rings. The van der Waals surface area contributed by atoms with Gasteiger partial charge in [-0.1, -0.05) is 18.2 Å². The summed E-state index contributed by atoms with van der Waals surface area (Å²) < 4.78 is 5.85. The Morgan fingerprint density at radius 2 is 1.19 bits per heavy atom. The lowest BCUT2D eigenvalue weighted by Gasteiger charge is -2.29. The van der Waals surface area contributed by atoms with Crippen LogP contribution in [0.1, 0.15) is 16.7 Å². The lowest BCUT2D eigenvalue weighted by molar-refractivity contribution is 0.411. The van der Waals surface area contributed by atoms with E-state index >= 15 is 0 Å². The second-order valence-corrected chi connectivity index (χ2v) is 7.75. The van der Waals surface area contributed by atoms with Crippen molar-refractivity contribution in [1.29, 1.82) is 0 Å². The van der Waals surface area contributed by atoms with Gasteiger partial charge in [-0.3, -0.25) is 0 Å². The lowest BCUT2D eigenvalue weighted by atomic mass is 10.1. The first-order chi connectivity index (χ1) is 15.3. The number of aromatic hydroxyl groups is 3. The van der Waals surface area contributed by atoms with Gasteiger partial charge in [0.25, 0.3) is 0 Å². The van der Waals surface area contributed by atoms with E-state index in [0.29, 0.717) is 11.5 Å². The molecule has 0 aliphatic carbocycles. The second-order valence-electron chi connectivity index (χ2n) is 7.75. The van der Waals surface area contributed by atoms with Crippen molar-refractivity contribution in [2.75, 3.05) is 4.90 Å². The van der Waals surface area contributed by atoms with Gasteiger partial charge >= 0.3 is 0 Å². The standard InChI is InChI=1S/C27H25NO4/c1-17-10-15-27(26(31)16-17)32-21-13-11-20(12-14-21)28(22-6-4-8-24(29)18(22)2)23-7-5-9-25(30)19(23)3/h4-16,29-31H,1-3H3. The summed E-state index contributed by atoms with van der Waals surface area (Å²) in [4.78, 5) is 1.98. The predicted octanol–water partition coefficient (Wildman–Crippen LogP) is 6.99. The van der Waals surface area contributed by atoms with Crippen LogP contribution in [0.25, 0.3) is 0 Å². The van der Waals surface area contributed by atoms with Crippen LogP contribution in [-0.2, 0) is 0 Å². The summed E-state index contributed by atoms with van der Waals surface area (Å²) >= 11 is 0. The highest BCUT2D eigenvalue weighted by Gasteiger charge is 2.19. The molecule has 0 aliphatic heterocycles. The van der Waals surface area contributed by atoms with E-state index in [1.807, 2.05) is 68.1 Å². The van der Waals surface area contributed by atoms with Gasteiger partial charge in [-0.05, 0) is 87.0 Å². The number of hydrogen-bond acceptors (Lipinski definition) is 5. The molecule has 0 atom stereocenters. The Balaban J connectivity index is 1.76. The summed E-state index contributed by atoms with van der Waals surface area (Å²) in [7, 11) is 0. The first-order valence-electron chi connectivity index (χ1n) is 10.3. The molecule has 0 saturated heterocycles. The monoisotopic (exact) mass is 427 g/mol. The largest absolute Gasteiger partial charge is 0.508 e. The highest BCUT2D eigenvalue weighted by molar-refractivity contribution is 5.82. The number of ether oxygens (including phenoxy) is 1. The SMILES string of the molecule is Cc1ccc(Oc2ccc(N(c3cccc(O)c3C)c3cccc(O)c3C)cc2)c(O)c1. The van der Waals surface area contributed by atoms with Gasteiger partial charge in [0, 0.05) is 16.8 Å². The Bertz CT molecular complexity index is 1210. The van der Waals surface area contributed by atoms with Crippen molar-refractivity contribution in [2.24, 2.45) is 0 Å². The third-order valence-electron chi connectivity index (χ3n) is 5.47. The quantitative estimate of drug-likeness (QED) is 0.320. The van der Waals surface area contributed by atoms with Crippen LogP contribution in [0.5, 0.6) is 28.7 Å². The number of phenolic OH excluding ortho intramolecular Hbond substituents is 3. The van der Waals surface area contributed by atoms with E-state index in [1.54, 1.807) is 36.4 Å². The van der Waals surface area contributed by atoms with Gasteiger partial charge in [-0.25, -0.2) is 0 Å². The van der Waals surface area contributed by atoms with Crippen molar-refractivity contribution in [1.82, 2.24) is 0 Å². The molecule has 0 fully saturated rings. The molecule has 0 saturated carbocycles. The zero-order valence-electron chi connectivity index (χ0n) is 18.2. The normalized spacial score (nSPS) is 10.7. The average Bonchev–Trinajstić information content (AvgIpc) is 2.77. The highest BCUT2D eigenvalue weighted by Crippen LogP contribution is 2.42. The number of hydrogen-bond donors (Lipinski definition) is 3. The van der Waals surface area contributed by atoms with Gasteiger partial charge in [-0.15, -0.1) is 0 Å². The van der Waals surface area contributed by atoms with Gasteiger partial charge < -0.3 is 25.0 Å². The smallest absolute Gasteiger partial charge is 0.169 e. The zero-order valence-corrected chi connectivity index (χ0v) is 18.2. The molecule has 0 unspecified atom stereocenters. The first kappa shape index (κ1) is 21.1. The van der Waals surface area contributed by atoms with Crippen LogP contribution in [0.3, 0.4) is 0 Å². The van der Waals surface area contributed by atoms with Crippen LogP contribution in [0.4, 0.5) is 17.1 Å². The maximum Gasteiger partial charge on any atom is 0.169 e. The molecule has 5 heteroatoms. The fourth-order valence-electron chi connectivity index (χ4n) is 3.62. The van der Waals surface area contributed by atoms with E-state index in [0.717, 1.165) is 33.8 Å². The van der Waals surface area contributed by atoms with Crippen molar-refractivity contribution in [3.63, 3.8) is 0 Å². The molecule has 0 radical (unpaired) electrons. The summed E-state index contributed by atoms with van der Waals surface area (Å²) in [6.45, 7) is 5.61. The molecular weight excluding hydrogens is 402 g/mol. The van der Waals surface area contributed by atoms with E-state index in [1.165, 1.54) is 0 Å². The van der Waals surface area contributed by atoms with Crippen LogP contribution in [0.15, 0.2) is 78.9 Å². The molecule has 5 nitrogen and oxygen atoms in total. The van der Waals surface area contributed by atoms with Crippen LogP contribution < -0.4 is 9.64 Å². The molecule has 32 heavy (non-hydrogen) atoms. The highest BCUT2D eigenvalue weighted by atomic mass is 16.5. The second kappa shape index (κ2) is 8.55. The third-order valence-corrected chi connectivity index (χ3v) is 5.47. The topological polar surface area (TPSA) is 73.2 Å². The molecule has 3 N–H and O–H groups in total. The molecule has 4 aromatic carbocycles. The summed E-state index contributed by atoms with van der Waals surface area (Å²) in [6, 6.07) is 23.4. The van der Waals surface area contributed by atoms with Crippen molar-refractivity contribution in [3.8, 4) is 28.7 Å². The molecule has 162 valence electrons. The van der Waals surface area contributed by atoms with Crippen LogP contribution >= 0.6 is 0 Å². The third kappa shape index (κ3) is 4.05. The lowest BCUT2D eigenvalue weighted by Crippen LogP contribution is -2.12.